The highest BCUT2D eigenvalue weighted by Crippen LogP contribution is 2.21. The first-order chi connectivity index (χ1) is 11.6. The monoisotopic (exact) mass is 331 g/mol. The number of benzene rings is 1. The van der Waals surface area contributed by atoms with E-state index in [2.05, 4.69) is 18.7 Å². The van der Waals surface area contributed by atoms with Crippen molar-refractivity contribution >= 4 is 23.2 Å². The number of amides is 2. The van der Waals surface area contributed by atoms with Crippen LogP contribution in [0.5, 0.6) is 0 Å². The van der Waals surface area contributed by atoms with Crippen molar-refractivity contribution in [2.45, 2.75) is 40.0 Å². The third-order valence-electron chi connectivity index (χ3n) is 4.67. The minimum atomic E-state index is -0.101. The largest absolute Gasteiger partial charge is 0.372 e. The molecule has 1 aliphatic rings. The van der Waals surface area contributed by atoms with Crippen molar-refractivity contribution in [3.8, 4) is 0 Å². The van der Waals surface area contributed by atoms with Gasteiger partial charge in [0.15, 0.2) is 0 Å². The van der Waals surface area contributed by atoms with Gasteiger partial charge in [-0.15, -0.1) is 0 Å². The Hall–Kier alpha value is -2.04. The topological polar surface area (TPSA) is 43.9 Å². The van der Waals surface area contributed by atoms with Crippen LogP contribution in [0.3, 0.4) is 0 Å². The molecule has 24 heavy (non-hydrogen) atoms. The van der Waals surface area contributed by atoms with Crippen molar-refractivity contribution in [1.29, 1.82) is 0 Å². The van der Waals surface area contributed by atoms with Crippen LogP contribution in [0.15, 0.2) is 24.3 Å². The zero-order chi connectivity index (χ0) is 17.5. The molecule has 0 saturated carbocycles. The maximum Gasteiger partial charge on any atom is 0.242 e. The van der Waals surface area contributed by atoms with Crippen LogP contribution in [0, 0.1) is 0 Å². The van der Waals surface area contributed by atoms with Crippen LogP contribution in [-0.4, -0.2) is 49.4 Å². The van der Waals surface area contributed by atoms with E-state index in [1.54, 1.807) is 4.90 Å². The van der Waals surface area contributed by atoms with Crippen LogP contribution < -0.4 is 9.80 Å². The summed E-state index contributed by atoms with van der Waals surface area (Å²) in [6.07, 6.45) is 3.31. The first-order valence-corrected chi connectivity index (χ1v) is 8.97. The quantitative estimate of drug-likeness (QED) is 0.805. The highest BCUT2D eigenvalue weighted by molar-refractivity contribution is 5.97. The van der Waals surface area contributed by atoms with E-state index < -0.39 is 0 Å². The van der Waals surface area contributed by atoms with Crippen molar-refractivity contribution in [3.05, 3.63) is 24.3 Å². The van der Waals surface area contributed by atoms with E-state index in [4.69, 9.17) is 0 Å². The first-order valence-electron chi connectivity index (χ1n) is 8.97. The summed E-state index contributed by atoms with van der Waals surface area (Å²) in [5.41, 5.74) is 1.92. The molecule has 0 atom stereocenters. The van der Waals surface area contributed by atoms with Crippen molar-refractivity contribution < 1.29 is 9.59 Å². The van der Waals surface area contributed by atoms with E-state index in [0.29, 0.717) is 0 Å². The molecule has 0 spiro atoms. The van der Waals surface area contributed by atoms with Gasteiger partial charge in [0.25, 0.3) is 0 Å². The average molecular weight is 331 g/mol. The Morgan fingerprint density at radius 3 is 2.00 bits per heavy atom. The molecular formula is C19H29N3O2. The minimum absolute atomic E-state index is 0.0396. The molecule has 5 heteroatoms. The van der Waals surface area contributed by atoms with E-state index in [9.17, 15) is 9.59 Å². The molecule has 1 saturated heterocycles. The first kappa shape index (κ1) is 18.3. The summed E-state index contributed by atoms with van der Waals surface area (Å²) in [5.74, 6) is -0.0614. The second-order valence-corrected chi connectivity index (χ2v) is 6.24. The van der Waals surface area contributed by atoms with Gasteiger partial charge in [0, 0.05) is 44.5 Å². The molecule has 0 bridgehead atoms. The highest BCUT2D eigenvalue weighted by atomic mass is 16.2. The minimum Gasteiger partial charge on any atom is -0.372 e. The van der Waals surface area contributed by atoms with E-state index >= 15 is 0 Å². The molecular weight excluding hydrogens is 302 g/mol. The Kier molecular flexibility index (Phi) is 6.64. The summed E-state index contributed by atoms with van der Waals surface area (Å²) < 4.78 is 0. The van der Waals surface area contributed by atoms with Crippen LogP contribution in [-0.2, 0) is 9.59 Å². The zero-order valence-corrected chi connectivity index (χ0v) is 15.1. The highest BCUT2D eigenvalue weighted by Gasteiger charge is 2.21. The smallest absolute Gasteiger partial charge is 0.242 e. The SMILES string of the molecule is CCN(CC)c1ccc(N(CC(=O)N2CCCCC2)C(C)=O)cc1. The van der Waals surface area contributed by atoms with Gasteiger partial charge in [-0.3, -0.25) is 9.59 Å². The van der Waals surface area contributed by atoms with Crippen molar-refractivity contribution in [2.75, 3.05) is 42.5 Å². The lowest BCUT2D eigenvalue weighted by molar-refractivity contribution is -0.132. The third kappa shape index (κ3) is 4.49. The Balaban J connectivity index is 2.09. The summed E-state index contributed by atoms with van der Waals surface area (Å²) >= 11 is 0. The number of hydrogen-bond donors (Lipinski definition) is 0. The van der Waals surface area contributed by atoms with Gasteiger partial charge in [0.1, 0.15) is 6.54 Å². The lowest BCUT2D eigenvalue weighted by Gasteiger charge is -2.30. The molecule has 2 amide bonds. The Morgan fingerprint density at radius 1 is 0.958 bits per heavy atom. The van der Waals surface area contributed by atoms with Crippen LogP contribution in [0.25, 0.3) is 0 Å². The van der Waals surface area contributed by atoms with Gasteiger partial charge in [-0.25, -0.2) is 0 Å². The van der Waals surface area contributed by atoms with Crippen LogP contribution in [0.4, 0.5) is 11.4 Å². The molecule has 0 aromatic heterocycles. The molecule has 0 aliphatic carbocycles. The van der Waals surface area contributed by atoms with Gasteiger partial charge in [-0.2, -0.15) is 0 Å². The molecule has 1 aliphatic heterocycles. The molecule has 0 unspecified atom stereocenters. The van der Waals surface area contributed by atoms with E-state index in [0.717, 1.165) is 50.4 Å². The van der Waals surface area contributed by atoms with Gasteiger partial charge in [0.05, 0.1) is 0 Å². The Bertz CT molecular complexity index is 546. The second-order valence-electron chi connectivity index (χ2n) is 6.24. The zero-order valence-electron chi connectivity index (χ0n) is 15.1. The van der Waals surface area contributed by atoms with Crippen LogP contribution in [0.2, 0.25) is 0 Å². The number of piperidine rings is 1. The molecule has 1 aromatic rings. The fourth-order valence-corrected chi connectivity index (χ4v) is 3.20. The molecule has 1 fully saturated rings. The molecule has 132 valence electrons. The van der Waals surface area contributed by atoms with Crippen molar-refractivity contribution in [1.82, 2.24) is 4.90 Å². The summed E-state index contributed by atoms with van der Waals surface area (Å²) in [6, 6.07) is 7.89. The van der Waals surface area contributed by atoms with Gasteiger partial charge in [-0.1, -0.05) is 0 Å². The number of likely N-dealkylation sites (tertiary alicyclic amines) is 1. The molecule has 0 radical (unpaired) electrons. The predicted octanol–water partition coefficient (Wildman–Crippen LogP) is 2.90. The summed E-state index contributed by atoms with van der Waals surface area (Å²) in [5, 5.41) is 0. The fourth-order valence-electron chi connectivity index (χ4n) is 3.20. The van der Waals surface area contributed by atoms with Gasteiger partial charge >= 0.3 is 0 Å². The number of nitrogens with zero attached hydrogens (tertiary/aromatic N) is 3. The number of rotatable bonds is 6. The molecule has 2 rings (SSSR count). The number of carbonyl (C=O) groups is 2. The van der Waals surface area contributed by atoms with Gasteiger partial charge in [0.2, 0.25) is 11.8 Å². The lowest BCUT2D eigenvalue weighted by atomic mass is 10.1. The predicted molar refractivity (Wildman–Crippen MR) is 98.5 cm³/mol. The fraction of sp³-hybridized carbons (Fsp3) is 0.579. The number of hydrogen-bond acceptors (Lipinski definition) is 3. The van der Waals surface area contributed by atoms with E-state index in [1.165, 1.54) is 13.3 Å². The Morgan fingerprint density at radius 2 is 1.50 bits per heavy atom. The maximum absolute atomic E-state index is 12.5. The molecule has 1 aromatic carbocycles. The number of carbonyl (C=O) groups excluding carboxylic acids is 2. The summed E-state index contributed by atoms with van der Waals surface area (Å²) in [4.78, 5) is 30.2. The molecule has 5 nitrogen and oxygen atoms in total. The van der Waals surface area contributed by atoms with Crippen molar-refractivity contribution in [2.24, 2.45) is 0 Å². The number of anilines is 2. The Labute approximate surface area is 145 Å². The van der Waals surface area contributed by atoms with E-state index in [-0.39, 0.29) is 18.4 Å². The van der Waals surface area contributed by atoms with Crippen LogP contribution in [0.1, 0.15) is 40.0 Å². The van der Waals surface area contributed by atoms with Gasteiger partial charge in [-0.05, 0) is 57.4 Å². The molecule has 0 N–H and O–H groups in total. The molecule has 1 heterocycles. The maximum atomic E-state index is 12.5. The average Bonchev–Trinajstić information content (AvgIpc) is 2.62. The standard InChI is InChI=1S/C19H29N3O2/c1-4-20(5-2)17-9-11-18(12-10-17)22(16(3)23)15-19(24)21-13-7-6-8-14-21/h9-12H,4-8,13-15H2,1-3H3. The van der Waals surface area contributed by atoms with Gasteiger partial charge < -0.3 is 14.7 Å². The van der Waals surface area contributed by atoms with E-state index in [1.807, 2.05) is 29.2 Å². The summed E-state index contributed by atoms with van der Waals surface area (Å²) in [7, 11) is 0. The normalized spacial score (nSPS) is 14.4. The lowest BCUT2D eigenvalue weighted by Crippen LogP contribution is -2.44. The summed E-state index contributed by atoms with van der Waals surface area (Å²) in [6.45, 7) is 9.39. The van der Waals surface area contributed by atoms with Crippen LogP contribution >= 0.6 is 0 Å². The third-order valence-corrected chi connectivity index (χ3v) is 4.67. The second kappa shape index (κ2) is 8.71. The van der Waals surface area contributed by atoms with Crippen molar-refractivity contribution in [3.63, 3.8) is 0 Å².